The number of amides is 1. The minimum Gasteiger partial charge on any atom is -0.326 e. The van der Waals surface area contributed by atoms with Crippen molar-refractivity contribution in [3.63, 3.8) is 0 Å². The second kappa shape index (κ2) is 2.50. The predicted octanol–water partition coefficient (Wildman–Crippen LogP) is 0.168. The first-order valence-corrected chi connectivity index (χ1v) is 4.30. The zero-order chi connectivity index (χ0) is 9.54. The maximum absolute atomic E-state index is 11.3. The van der Waals surface area contributed by atoms with E-state index >= 15 is 0 Å². The van der Waals surface area contributed by atoms with Gasteiger partial charge in [0.25, 0.3) is 0 Å². The molecule has 1 aliphatic rings. The van der Waals surface area contributed by atoms with Crippen LogP contribution in [-0.4, -0.2) is 25.4 Å². The van der Waals surface area contributed by atoms with Crippen molar-refractivity contribution < 1.29 is 4.79 Å². The van der Waals surface area contributed by atoms with Crippen LogP contribution < -0.4 is 5.32 Å². The lowest BCUT2D eigenvalue weighted by Crippen LogP contribution is -2.11. The van der Waals surface area contributed by atoms with Gasteiger partial charge in [0.2, 0.25) is 5.91 Å². The van der Waals surface area contributed by atoms with Gasteiger partial charge < -0.3 is 9.88 Å². The van der Waals surface area contributed by atoms with Crippen LogP contribution in [0.1, 0.15) is 6.42 Å². The maximum atomic E-state index is 11.3. The summed E-state index contributed by atoms with van der Waals surface area (Å²) in [6, 6.07) is 0. The lowest BCUT2D eigenvalue weighted by Gasteiger charge is -1.99. The molecule has 0 bridgehead atoms. The fourth-order valence-corrected chi connectivity index (χ4v) is 1.59. The van der Waals surface area contributed by atoms with Gasteiger partial charge in [0.15, 0.2) is 11.5 Å². The van der Waals surface area contributed by atoms with Crippen molar-refractivity contribution in [2.75, 3.05) is 5.32 Å². The van der Waals surface area contributed by atoms with Crippen LogP contribution >= 0.6 is 0 Å². The minimum atomic E-state index is -0.0197. The quantitative estimate of drug-likeness (QED) is 0.641. The average Bonchev–Trinajstić information content (AvgIpc) is 2.51. The molecule has 14 heavy (non-hydrogen) atoms. The number of aryl methyl sites for hydroxylation is 1. The summed E-state index contributed by atoms with van der Waals surface area (Å²) in [4.78, 5) is 23.4. The standard InChI is InChI=1S/C8H7N5O/c14-5-1-2-13-4-11-7-6(13)8(12-5)10-3-9-7/h3-4H,1-2H2,(H,9,10,12,14). The Bertz CT molecular complexity index is 517. The Morgan fingerprint density at radius 2 is 2.29 bits per heavy atom. The lowest BCUT2D eigenvalue weighted by molar-refractivity contribution is -0.116. The van der Waals surface area contributed by atoms with Crippen LogP contribution in [0, 0.1) is 0 Å². The Morgan fingerprint density at radius 3 is 3.21 bits per heavy atom. The highest BCUT2D eigenvalue weighted by molar-refractivity contribution is 5.97. The third kappa shape index (κ3) is 0.905. The number of carbonyl (C=O) groups is 1. The number of imidazole rings is 1. The molecule has 0 aromatic carbocycles. The normalized spacial score (nSPS) is 15.3. The summed E-state index contributed by atoms with van der Waals surface area (Å²) in [5, 5.41) is 2.72. The summed E-state index contributed by atoms with van der Waals surface area (Å²) in [6.45, 7) is 0.628. The Hall–Kier alpha value is -1.98. The molecule has 0 saturated heterocycles. The summed E-state index contributed by atoms with van der Waals surface area (Å²) in [5.74, 6) is 0.531. The third-order valence-electron chi connectivity index (χ3n) is 2.25. The molecular weight excluding hydrogens is 182 g/mol. The maximum Gasteiger partial charge on any atom is 0.227 e. The van der Waals surface area contributed by atoms with Gasteiger partial charge in [0.05, 0.1) is 6.33 Å². The van der Waals surface area contributed by atoms with Gasteiger partial charge in [-0.1, -0.05) is 0 Å². The topological polar surface area (TPSA) is 72.7 Å². The van der Waals surface area contributed by atoms with E-state index < -0.39 is 0 Å². The van der Waals surface area contributed by atoms with Crippen LogP contribution in [0.2, 0.25) is 0 Å². The molecule has 3 rings (SSSR count). The molecule has 1 N–H and O–H groups in total. The van der Waals surface area contributed by atoms with Gasteiger partial charge in [-0.2, -0.15) is 0 Å². The number of anilines is 1. The van der Waals surface area contributed by atoms with Gasteiger partial charge in [-0.3, -0.25) is 4.79 Å². The summed E-state index contributed by atoms with van der Waals surface area (Å²) in [6.07, 6.45) is 3.53. The zero-order valence-corrected chi connectivity index (χ0v) is 7.27. The van der Waals surface area contributed by atoms with Crippen LogP contribution in [0.15, 0.2) is 12.7 Å². The van der Waals surface area contributed by atoms with E-state index in [9.17, 15) is 4.79 Å². The van der Waals surface area contributed by atoms with Crippen molar-refractivity contribution in [1.82, 2.24) is 19.5 Å². The molecule has 3 heterocycles. The van der Waals surface area contributed by atoms with Crippen LogP contribution in [0.5, 0.6) is 0 Å². The predicted molar refractivity (Wildman–Crippen MR) is 48.6 cm³/mol. The third-order valence-corrected chi connectivity index (χ3v) is 2.25. The second-order valence-electron chi connectivity index (χ2n) is 3.13. The highest BCUT2D eigenvalue weighted by Gasteiger charge is 2.16. The van der Waals surface area contributed by atoms with Crippen LogP contribution in [0.4, 0.5) is 5.82 Å². The molecule has 6 heteroatoms. The first kappa shape index (κ1) is 7.43. The molecule has 0 radical (unpaired) electrons. The van der Waals surface area contributed by atoms with Crippen molar-refractivity contribution in [2.24, 2.45) is 0 Å². The fraction of sp³-hybridized carbons (Fsp3) is 0.250. The van der Waals surface area contributed by atoms with Crippen molar-refractivity contribution in [2.45, 2.75) is 13.0 Å². The number of nitrogens with one attached hydrogen (secondary N) is 1. The van der Waals surface area contributed by atoms with E-state index in [1.165, 1.54) is 6.33 Å². The molecule has 0 aliphatic carbocycles. The molecule has 0 atom stereocenters. The molecule has 1 amide bonds. The highest BCUT2D eigenvalue weighted by Crippen LogP contribution is 2.20. The van der Waals surface area contributed by atoms with Gasteiger partial charge in [-0.15, -0.1) is 0 Å². The summed E-state index contributed by atoms with van der Waals surface area (Å²) in [5.41, 5.74) is 1.43. The van der Waals surface area contributed by atoms with Crippen molar-refractivity contribution >= 4 is 22.9 Å². The Morgan fingerprint density at radius 1 is 1.36 bits per heavy atom. The van der Waals surface area contributed by atoms with E-state index in [0.29, 0.717) is 24.4 Å². The number of hydrogen-bond acceptors (Lipinski definition) is 4. The van der Waals surface area contributed by atoms with Gasteiger partial charge in [0, 0.05) is 13.0 Å². The number of hydrogen-bond donors (Lipinski definition) is 1. The molecule has 0 fully saturated rings. The first-order chi connectivity index (χ1) is 6.84. The number of rotatable bonds is 0. The lowest BCUT2D eigenvalue weighted by atomic mass is 10.4. The van der Waals surface area contributed by atoms with Gasteiger partial charge >= 0.3 is 0 Å². The Kier molecular flexibility index (Phi) is 1.33. The number of aromatic nitrogens is 4. The summed E-state index contributed by atoms with van der Waals surface area (Å²) in [7, 11) is 0. The fourth-order valence-electron chi connectivity index (χ4n) is 1.59. The largest absolute Gasteiger partial charge is 0.326 e. The highest BCUT2D eigenvalue weighted by atomic mass is 16.1. The molecule has 1 aliphatic heterocycles. The van der Waals surface area contributed by atoms with E-state index in [1.54, 1.807) is 6.33 Å². The van der Waals surface area contributed by atoms with E-state index in [0.717, 1.165) is 5.52 Å². The molecule has 0 saturated carbocycles. The molecule has 0 unspecified atom stereocenters. The monoisotopic (exact) mass is 189 g/mol. The van der Waals surface area contributed by atoms with Gasteiger partial charge in [-0.25, -0.2) is 15.0 Å². The van der Waals surface area contributed by atoms with Crippen molar-refractivity contribution in [3.05, 3.63) is 12.7 Å². The van der Waals surface area contributed by atoms with E-state index in [-0.39, 0.29) is 5.91 Å². The summed E-state index contributed by atoms with van der Waals surface area (Å²) >= 11 is 0. The average molecular weight is 189 g/mol. The number of nitrogens with zero attached hydrogens (tertiary/aromatic N) is 4. The molecule has 2 aromatic rings. The molecular formula is C8H7N5O. The van der Waals surface area contributed by atoms with Crippen LogP contribution in [0.3, 0.4) is 0 Å². The van der Waals surface area contributed by atoms with Crippen LogP contribution in [-0.2, 0) is 11.3 Å². The molecule has 6 nitrogen and oxygen atoms in total. The van der Waals surface area contributed by atoms with Crippen molar-refractivity contribution in [1.29, 1.82) is 0 Å². The minimum absolute atomic E-state index is 0.0197. The van der Waals surface area contributed by atoms with Gasteiger partial charge in [-0.05, 0) is 0 Å². The summed E-state index contributed by atoms with van der Waals surface area (Å²) < 4.78 is 1.89. The zero-order valence-electron chi connectivity index (χ0n) is 7.27. The van der Waals surface area contributed by atoms with E-state index in [4.69, 9.17) is 0 Å². The molecule has 70 valence electrons. The SMILES string of the molecule is O=C1CCn2cnc3ncnc(c32)N1. The second-order valence-corrected chi connectivity index (χ2v) is 3.13. The molecule has 2 aromatic heterocycles. The van der Waals surface area contributed by atoms with E-state index in [2.05, 4.69) is 20.3 Å². The molecule has 0 spiro atoms. The van der Waals surface area contributed by atoms with Gasteiger partial charge in [0.1, 0.15) is 11.8 Å². The van der Waals surface area contributed by atoms with Crippen LogP contribution in [0.25, 0.3) is 11.2 Å². The van der Waals surface area contributed by atoms with Crippen molar-refractivity contribution in [3.8, 4) is 0 Å². The Balaban J connectivity index is 2.36. The first-order valence-electron chi connectivity index (χ1n) is 4.30. The number of carbonyl (C=O) groups excluding carboxylic acids is 1. The smallest absolute Gasteiger partial charge is 0.227 e. The Labute approximate surface area is 79.0 Å². The van der Waals surface area contributed by atoms with E-state index in [1.807, 2.05) is 4.57 Å².